The fraction of sp³-hybridized carbons (Fsp3) is 0.833. The van der Waals surface area contributed by atoms with Crippen molar-refractivity contribution in [2.24, 2.45) is 0 Å². The minimum Gasteiger partial charge on any atom is -0.328 e. The highest BCUT2D eigenvalue weighted by molar-refractivity contribution is 5.77. The summed E-state index contributed by atoms with van der Waals surface area (Å²) in [5, 5.41) is 2.78. The Morgan fingerprint density at radius 3 is 2.58 bits per heavy atom. The molecule has 1 saturated heterocycles. The molecule has 1 heterocycles. The van der Waals surface area contributed by atoms with Gasteiger partial charge in [0, 0.05) is 13.1 Å². The van der Waals surface area contributed by atoms with E-state index < -0.39 is 18.5 Å². The Balaban J connectivity index is 2.37. The van der Waals surface area contributed by atoms with Gasteiger partial charge in [-0.05, 0) is 0 Å². The first-order valence-corrected chi connectivity index (χ1v) is 3.54. The summed E-state index contributed by atoms with van der Waals surface area (Å²) in [6.45, 7) is 1.17. The lowest BCUT2D eigenvalue weighted by Crippen LogP contribution is -2.33. The normalized spacial score (nSPS) is 18.4. The molecule has 0 aromatic rings. The fourth-order valence-electron chi connectivity index (χ4n) is 1.00. The Morgan fingerprint density at radius 1 is 1.50 bits per heavy atom. The van der Waals surface area contributed by atoms with Crippen LogP contribution in [0.3, 0.4) is 0 Å². The summed E-state index contributed by atoms with van der Waals surface area (Å²) in [7, 11) is 0. The summed E-state index contributed by atoms with van der Waals surface area (Å²) in [4.78, 5) is 12.0. The highest BCUT2D eigenvalue weighted by atomic mass is 19.4. The van der Waals surface area contributed by atoms with Gasteiger partial charge in [0.2, 0.25) is 5.91 Å². The van der Waals surface area contributed by atoms with Gasteiger partial charge in [-0.25, -0.2) is 0 Å². The lowest BCUT2D eigenvalue weighted by molar-refractivity contribution is -0.160. The summed E-state index contributed by atoms with van der Waals surface area (Å²) < 4.78 is 35.1. The Hall–Kier alpha value is -0.780. The van der Waals surface area contributed by atoms with E-state index >= 15 is 0 Å². The Morgan fingerprint density at radius 2 is 2.17 bits per heavy atom. The maximum atomic E-state index is 11.7. The first-order chi connectivity index (χ1) is 5.49. The molecule has 0 spiro atoms. The van der Waals surface area contributed by atoms with Crippen molar-refractivity contribution in [3.8, 4) is 0 Å². The number of carbonyl (C=O) groups excluding carboxylic acids is 1. The molecule has 1 N–H and O–H groups in total. The minimum absolute atomic E-state index is 0.231. The standard InChI is InChI=1S/C6H9F3N2O/c7-6(8,9)3-5(12)11-2-1-10-4-11/h10H,1-4H2. The van der Waals surface area contributed by atoms with E-state index in [0.717, 1.165) is 4.90 Å². The van der Waals surface area contributed by atoms with Crippen LogP contribution in [0.15, 0.2) is 0 Å². The first kappa shape index (κ1) is 9.31. The van der Waals surface area contributed by atoms with Crippen LogP contribution in [0.2, 0.25) is 0 Å². The van der Waals surface area contributed by atoms with Gasteiger partial charge in [-0.15, -0.1) is 0 Å². The molecule has 1 fully saturated rings. The highest BCUT2D eigenvalue weighted by Gasteiger charge is 2.33. The van der Waals surface area contributed by atoms with E-state index in [9.17, 15) is 18.0 Å². The molecule has 0 aromatic heterocycles. The van der Waals surface area contributed by atoms with Gasteiger partial charge in [0.25, 0.3) is 0 Å². The maximum Gasteiger partial charge on any atom is 0.397 e. The fourth-order valence-corrected chi connectivity index (χ4v) is 1.00. The number of rotatable bonds is 1. The lowest BCUT2D eigenvalue weighted by Gasteiger charge is -2.15. The molecule has 0 aromatic carbocycles. The van der Waals surface area contributed by atoms with Crippen LogP contribution < -0.4 is 5.32 Å². The second kappa shape index (κ2) is 3.30. The zero-order valence-electron chi connectivity index (χ0n) is 6.32. The number of hydrogen-bond acceptors (Lipinski definition) is 2. The minimum atomic E-state index is -4.39. The van der Waals surface area contributed by atoms with E-state index in [2.05, 4.69) is 5.32 Å². The monoisotopic (exact) mass is 182 g/mol. The van der Waals surface area contributed by atoms with E-state index in [4.69, 9.17) is 0 Å². The van der Waals surface area contributed by atoms with E-state index in [-0.39, 0.29) is 6.67 Å². The molecule has 70 valence electrons. The van der Waals surface area contributed by atoms with Gasteiger partial charge < -0.3 is 4.90 Å². The van der Waals surface area contributed by atoms with Crippen molar-refractivity contribution >= 4 is 5.91 Å². The Labute approximate surface area is 67.5 Å². The first-order valence-electron chi connectivity index (χ1n) is 3.54. The smallest absolute Gasteiger partial charge is 0.328 e. The zero-order chi connectivity index (χ0) is 9.19. The molecule has 6 heteroatoms. The van der Waals surface area contributed by atoms with Crippen molar-refractivity contribution in [3.05, 3.63) is 0 Å². The Kier molecular flexibility index (Phi) is 2.56. The van der Waals surface area contributed by atoms with Crippen molar-refractivity contribution in [1.82, 2.24) is 10.2 Å². The van der Waals surface area contributed by atoms with Gasteiger partial charge in [0.15, 0.2) is 0 Å². The predicted molar refractivity (Wildman–Crippen MR) is 35.3 cm³/mol. The molecular formula is C6H9F3N2O. The van der Waals surface area contributed by atoms with Crippen molar-refractivity contribution in [3.63, 3.8) is 0 Å². The SMILES string of the molecule is O=C(CC(F)(F)F)N1CCNC1. The quantitative estimate of drug-likeness (QED) is 0.633. The second-order valence-electron chi connectivity index (χ2n) is 2.61. The molecule has 0 saturated carbocycles. The predicted octanol–water partition coefficient (Wildman–Crippen LogP) is 0.328. The van der Waals surface area contributed by atoms with Crippen LogP contribution in [0.25, 0.3) is 0 Å². The molecule has 0 unspecified atom stereocenters. The average molecular weight is 182 g/mol. The third-order valence-electron chi connectivity index (χ3n) is 1.57. The molecule has 12 heavy (non-hydrogen) atoms. The molecule has 1 aliphatic heterocycles. The number of alkyl halides is 3. The average Bonchev–Trinajstić information content (AvgIpc) is 2.32. The van der Waals surface area contributed by atoms with Crippen molar-refractivity contribution in [2.75, 3.05) is 19.8 Å². The summed E-state index contributed by atoms with van der Waals surface area (Å²) in [5.41, 5.74) is 0. The van der Waals surface area contributed by atoms with Crippen LogP contribution in [0, 0.1) is 0 Å². The lowest BCUT2D eigenvalue weighted by atomic mass is 10.3. The number of hydrogen-bond donors (Lipinski definition) is 1. The molecule has 3 nitrogen and oxygen atoms in total. The number of halogens is 3. The number of nitrogens with one attached hydrogen (secondary N) is 1. The number of nitrogens with zero attached hydrogens (tertiary/aromatic N) is 1. The summed E-state index contributed by atoms with van der Waals surface area (Å²) >= 11 is 0. The van der Waals surface area contributed by atoms with Gasteiger partial charge in [-0.3, -0.25) is 10.1 Å². The van der Waals surface area contributed by atoms with Gasteiger partial charge in [0.05, 0.1) is 6.67 Å². The third kappa shape index (κ3) is 2.69. The third-order valence-corrected chi connectivity index (χ3v) is 1.57. The molecule has 1 amide bonds. The summed E-state index contributed by atoms with van der Waals surface area (Å²) in [6, 6.07) is 0. The molecular weight excluding hydrogens is 173 g/mol. The maximum absolute atomic E-state index is 11.7. The van der Waals surface area contributed by atoms with Gasteiger partial charge in [-0.1, -0.05) is 0 Å². The van der Waals surface area contributed by atoms with Crippen molar-refractivity contribution in [2.45, 2.75) is 12.6 Å². The molecule has 0 radical (unpaired) electrons. The van der Waals surface area contributed by atoms with E-state index in [1.54, 1.807) is 0 Å². The van der Waals surface area contributed by atoms with Gasteiger partial charge in [0.1, 0.15) is 6.42 Å². The molecule has 1 aliphatic rings. The van der Waals surface area contributed by atoms with Crippen molar-refractivity contribution in [1.29, 1.82) is 0 Å². The molecule has 0 bridgehead atoms. The second-order valence-corrected chi connectivity index (χ2v) is 2.61. The van der Waals surface area contributed by atoms with Crippen LogP contribution in [-0.2, 0) is 4.79 Å². The van der Waals surface area contributed by atoms with Crippen LogP contribution in [-0.4, -0.2) is 36.7 Å². The van der Waals surface area contributed by atoms with Crippen LogP contribution >= 0.6 is 0 Å². The van der Waals surface area contributed by atoms with E-state index in [1.807, 2.05) is 0 Å². The molecule has 0 aliphatic carbocycles. The van der Waals surface area contributed by atoms with Crippen LogP contribution in [0.4, 0.5) is 13.2 Å². The van der Waals surface area contributed by atoms with Crippen molar-refractivity contribution < 1.29 is 18.0 Å². The molecule has 1 rings (SSSR count). The molecule has 0 atom stereocenters. The topological polar surface area (TPSA) is 32.3 Å². The highest BCUT2D eigenvalue weighted by Crippen LogP contribution is 2.20. The Bertz CT molecular complexity index is 174. The van der Waals surface area contributed by atoms with E-state index in [0.29, 0.717) is 13.1 Å². The largest absolute Gasteiger partial charge is 0.397 e. The van der Waals surface area contributed by atoms with E-state index in [1.165, 1.54) is 0 Å². The summed E-state index contributed by atoms with van der Waals surface area (Å²) in [5.74, 6) is -0.854. The van der Waals surface area contributed by atoms with Gasteiger partial charge >= 0.3 is 6.18 Å². The zero-order valence-corrected chi connectivity index (χ0v) is 6.32. The number of amides is 1. The number of carbonyl (C=O) groups is 1. The van der Waals surface area contributed by atoms with Crippen LogP contribution in [0.1, 0.15) is 6.42 Å². The van der Waals surface area contributed by atoms with Crippen LogP contribution in [0.5, 0.6) is 0 Å². The summed E-state index contributed by atoms with van der Waals surface area (Å²) in [6.07, 6.45) is -5.74. The van der Waals surface area contributed by atoms with Gasteiger partial charge in [-0.2, -0.15) is 13.2 Å².